The van der Waals surface area contributed by atoms with Crippen molar-refractivity contribution in [3.63, 3.8) is 0 Å². The molecule has 0 saturated carbocycles. The summed E-state index contributed by atoms with van der Waals surface area (Å²) < 4.78 is 5.40. The van der Waals surface area contributed by atoms with E-state index >= 15 is 0 Å². The molecule has 1 nitrogen and oxygen atoms in total. The van der Waals surface area contributed by atoms with E-state index in [1.165, 1.54) is 10.8 Å². The van der Waals surface area contributed by atoms with Crippen LogP contribution in [0.15, 0.2) is 36.4 Å². The highest BCUT2D eigenvalue weighted by atomic mass is 16.5. The molecule has 0 unspecified atom stereocenters. The Morgan fingerprint density at radius 1 is 1.08 bits per heavy atom. The van der Waals surface area contributed by atoms with Gasteiger partial charge in [-0.3, -0.25) is 0 Å². The van der Waals surface area contributed by atoms with E-state index in [1.54, 1.807) is 0 Å². The lowest BCUT2D eigenvalue weighted by atomic mass is 10.1. The third-order valence-electron chi connectivity index (χ3n) is 2.34. The van der Waals surface area contributed by atoms with Gasteiger partial charge in [-0.15, -0.1) is 0 Å². The van der Waals surface area contributed by atoms with Crippen molar-refractivity contribution in [2.45, 2.75) is 0 Å². The molecule has 1 aliphatic heterocycles. The lowest BCUT2D eigenvalue weighted by Crippen LogP contribution is -1.84. The predicted octanol–water partition coefficient (Wildman–Crippen LogP) is 2.66. The summed E-state index contributed by atoms with van der Waals surface area (Å²) in [6.45, 7) is 0.589. The Labute approximate surface area is 77.0 Å². The summed E-state index contributed by atoms with van der Waals surface area (Å²) >= 11 is 0. The zero-order valence-corrected chi connectivity index (χ0v) is 7.08. The SMILES string of the molecule is [C]1COc2cc3ccccc3cc21. The van der Waals surface area contributed by atoms with E-state index in [0.717, 1.165) is 11.3 Å². The molecule has 0 aliphatic carbocycles. The maximum absolute atomic E-state index is 5.40. The molecule has 0 aromatic heterocycles. The van der Waals surface area contributed by atoms with Crippen LogP contribution in [0, 0.1) is 6.42 Å². The molecule has 0 amide bonds. The second kappa shape index (κ2) is 2.49. The summed E-state index contributed by atoms with van der Waals surface area (Å²) in [5, 5.41) is 2.48. The first-order valence-corrected chi connectivity index (χ1v) is 4.33. The Balaban J connectivity index is 2.36. The molecule has 2 aromatic carbocycles. The molecule has 0 fully saturated rings. The number of ether oxygens (including phenoxy) is 1. The van der Waals surface area contributed by atoms with Crippen molar-refractivity contribution in [3.8, 4) is 5.75 Å². The van der Waals surface area contributed by atoms with Crippen molar-refractivity contribution >= 4 is 10.8 Å². The van der Waals surface area contributed by atoms with Crippen molar-refractivity contribution in [1.82, 2.24) is 0 Å². The van der Waals surface area contributed by atoms with Gasteiger partial charge in [-0.25, -0.2) is 0 Å². The van der Waals surface area contributed by atoms with Gasteiger partial charge in [0.15, 0.2) is 0 Å². The quantitative estimate of drug-likeness (QED) is 0.587. The van der Waals surface area contributed by atoms with E-state index in [9.17, 15) is 0 Å². The molecule has 0 N–H and O–H groups in total. The average Bonchev–Trinajstić information content (AvgIpc) is 2.61. The largest absolute Gasteiger partial charge is 0.492 e. The summed E-state index contributed by atoms with van der Waals surface area (Å²) in [4.78, 5) is 0. The van der Waals surface area contributed by atoms with Crippen molar-refractivity contribution in [1.29, 1.82) is 0 Å². The van der Waals surface area contributed by atoms with Gasteiger partial charge in [0, 0.05) is 5.56 Å². The molecular weight excluding hydrogens is 160 g/mol. The minimum Gasteiger partial charge on any atom is -0.492 e. The van der Waals surface area contributed by atoms with E-state index in [0.29, 0.717) is 6.61 Å². The topological polar surface area (TPSA) is 9.23 Å². The van der Waals surface area contributed by atoms with Gasteiger partial charge < -0.3 is 4.74 Å². The van der Waals surface area contributed by atoms with Gasteiger partial charge in [0.25, 0.3) is 0 Å². The van der Waals surface area contributed by atoms with Crippen LogP contribution < -0.4 is 4.74 Å². The molecule has 2 radical (unpaired) electrons. The van der Waals surface area contributed by atoms with Gasteiger partial charge in [-0.2, -0.15) is 0 Å². The molecule has 1 aliphatic rings. The van der Waals surface area contributed by atoms with Crippen molar-refractivity contribution in [2.75, 3.05) is 6.61 Å². The molecule has 2 aromatic rings. The van der Waals surface area contributed by atoms with Crippen LogP contribution in [-0.4, -0.2) is 6.61 Å². The number of fused-ring (bicyclic) bond motifs is 2. The molecule has 62 valence electrons. The van der Waals surface area contributed by atoms with Gasteiger partial charge in [0.05, 0.1) is 6.42 Å². The second-order valence-corrected chi connectivity index (χ2v) is 3.16. The van der Waals surface area contributed by atoms with Gasteiger partial charge in [-0.05, 0) is 22.9 Å². The molecule has 1 heterocycles. The molecule has 0 bridgehead atoms. The van der Waals surface area contributed by atoms with Crippen LogP contribution in [0.2, 0.25) is 0 Å². The second-order valence-electron chi connectivity index (χ2n) is 3.16. The molecule has 0 spiro atoms. The minimum atomic E-state index is 0.589. The Hall–Kier alpha value is -1.50. The third-order valence-corrected chi connectivity index (χ3v) is 2.34. The summed E-state index contributed by atoms with van der Waals surface area (Å²) in [5.41, 5.74) is 1.10. The molecule has 13 heavy (non-hydrogen) atoms. The number of hydrogen-bond donors (Lipinski definition) is 0. The summed E-state index contributed by atoms with van der Waals surface area (Å²) in [6.07, 6.45) is 3.17. The highest BCUT2D eigenvalue weighted by Gasteiger charge is 2.12. The van der Waals surface area contributed by atoms with Crippen LogP contribution in [0.4, 0.5) is 0 Å². The smallest absolute Gasteiger partial charge is 0.123 e. The van der Waals surface area contributed by atoms with Crippen molar-refractivity contribution < 1.29 is 4.74 Å². The van der Waals surface area contributed by atoms with E-state index in [4.69, 9.17) is 4.74 Å². The fraction of sp³-hybridized carbons (Fsp3) is 0.0833. The van der Waals surface area contributed by atoms with E-state index in [-0.39, 0.29) is 0 Å². The zero-order valence-electron chi connectivity index (χ0n) is 7.08. The Bertz CT molecular complexity index is 417. The number of benzene rings is 2. The Kier molecular flexibility index (Phi) is 1.33. The first-order valence-electron chi connectivity index (χ1n) is 4.33. The maximum atomic E-state index is 5.40. The third kappa shape index (κ3) is 1.00. The fourth-order valence-corrected chi connectivity index (χ4v) is 1.67. The fourth-order valence-electron chi connectivity index (χ4n) is 1.67. The minimum absolute atomic E-state index is 0.589. The predicted molar refractivity (Wildman–Crippen MR) is 51.8 cm³/mol. The number of hydrogen-bond acceptors (Lipinski definition) is 1. The summed E-state index contributed by atoms with van der Waals surface area (Å²) in [7, 11) is 0. The summed E-state index contributed by atoms with van der Waals surface area (Å²) in [6, 6.07) is 12.5. The van der Waals surface area contributed by atoms with Crippen molar-refractivity contribution in [2.24, 2.45) is 0 Å². The first-order chi connectivity index (χ1) is 6.43. The molecular formula is C12H8O. The van der Waals surface area contributed by atoms with Crippen LogP contribution >= 0.6 is 0 Å². The molecule has 1 heteroatoms. The molecule has 3 rings (SSSR count). The Morgan fingerprint density at radius 2 is 1.85 bits per heavy atom. The molecule has 0 saturated heterocycles. The zero-order chi connectivity index (χ0) is 8.67. The highest BCUT2D eigenvalue weighted by Crippen LogP contribution is 2.30. The Morgan fingerprint density at radius 3 is 2.69 bits per heavy atom. The first kappa shape index (κ1) is 6.96. The number of rotatable bonds is 0. The van der Waals surface area contributed by atoms with Crippen LogP contribution in [0.5, 0.6) is 5.75 Å². The summed E-state index contributed by atoms with van der Waals surface area (Å²) in [5.74, 6) is 0.957. The molecule has 0 atom stereocenters. The van der Waals surface area contributed by atoms with E-state index in [2.05, 4.69) is 30.7 Å². The van der Waals surface area contributed by atoms with Crippen molar-refractivity contribution in [3.05, 3.63) is 48.4 Å². The van der Waals surface area contributed by atoms with E-state index < -0.39 is 0 Å². The van der Waals surface area contributed by atoms with Gasteiger partial charge in [0.2, 0.25) is 0 Å². The van der Waals surface area contributed by atoms with Crippen LogP contribution in [0.3, 0.4) is 0 Å². The highest BCUT2D eigenvalue weighted by molar-refractivity contribution is 5.85. The van der Waals surface area contributed by atoms with Crippen LogP contribution in [0.25, 0.3) is 10.8 Å². The standard InChI is InChI=1S/C12H8O/c1-2-4-10-8-12-11(5-6-13-12)7-9(10)3-1/h1-4,7-8H,6H2. The lowest BCUT2D eigenvalue weighted by molar-refractivity contribution is 0.377. The van der Waals surface area contributed by atoms with Gasteiger partial charge in [-0.1, -0.05) is 24.3 Å². The normalized spacial score (nSPS) is 14.2. The average molecular weight is 168 g/mol. The lowest BCUT2D eigenvalue weighted by Gasteiger charge is -2.01. The van der Waals surface area contributed by atoms with Gasteiger partial charge >= 0.3 is 0 Å². The van der Waals surface area contributed by atoms with Crippen LogP contribution in [-0.2, 0) is 0 Å². The maximum Gasteiger partial charge on any atom is 0.123 e. The monoisotopic (exact) mass is 168 g/mol. The van der Waals surface area contributed by atoms with E-state index in [1.807, 2.05) is 12.1 Å². The van der Waals surface area contributed by atoms with Gasteiger partial charge in [0.1, 0.15) is 12.4 Å². The van der Waals surface area contributed by atoms with Crippen LogP contribution in [0.1, 0.15) is 5.56 Å².